The normalized spacial score (nSPS) is 21.4. The molecule has 1 fully saturated rings. The van der Waals surface area contributed by atoms with Gasteiger partial charge in [-0.25, -0.2) is 4.98 Å². The molecular formula is C33H42N2. The summed E-state index contributed by atoms with van der Waals surface area (Å²) in [5, 5.41) is 0. The SMILES string of the molecule is C/C=C(C)\C(=C(\C)C(C)C)n1c(-c2ccccc2C(C)CC)nc2cc3c(cc21)C1CCC3CC1. The van der Waals surface area contributed by atoms with Crippen LogP contribution in [0.4, 0.5) is 0 Å². The van der Waals surface area contributed by atoms with Gasteiger partial charge in [-0.15, -0.1) is 0 Å². The number of benzene rings is 2. The zero-order chi connectivity index (χ0) is 24.9. The van der Waals surface area contributed by atoms with E-state index < -0.39 is 0 Å². The minimum absolute atomic E-state index is 0.462. The minimum atomic E-state index is 0.462. The lowest BCUT2D eigenvalue weighted by molar-refractivity contribution is 0.359. The Bertz CT molecular complexity index is 1310. The van der Waals surface area contributed by atoms with Crippen molar-refractivity contribution in [3.8, 4) is 11.4 Å². The Labute approximate surface area is 212 Å². The van der Waals surface area contributed by atoms with Crippen molar-refractivity contribution < 1.29 is 0 Å². The summed E-state index contributed by atoms with van der Waals surface area (Å²) in [6, 6.07) is 13.9. The Balaban J connectivity index is 1.89. The van der Waals surface area contributed by atoms with E-state index in [-0.39, 0.29) is 0 Å². The minimum Gasteiger partial charge on any atom is -0.292 e. The predicted molar refractivity (Wildman–Crippen MR) is 151 cm³/mol. The summed E-state index contributed by atoms with van der Waals surface area (Å²) in [5.41, 5.74) is 12.3. The molecule has 35 heavy (non-hydrogen) atoms. The lowest BCUT2D eigenvalue weighted by Gasteiger charge is -2.38. The summed E-state index contributed by atoms with van der Waals surface area (Å²) in [6.07, 6.45) is 8.78. The molecule has 6 rings (SSSR count). The first-order chi connectivity index (χ1) is 16.8. The second kappa shape index (κ2) is 9.45. The number of fused-ring (bicyclic) bond motifs is 3. The van der Waals surface area contributed by atoms with Gasteiger partial charge in [0.25, 0.3) is 0 Å². The van der Waals surface area contributed by atoms with Crippen LogP contribution in [0.3, 0.4) is 0 Å². The van der Waals surface area contributed by atoms with Crippen molar-refractivity contribution in [2.45, 2.75) is 98.3 Å². The van der Waals surface area contributed by atoms with Crippen LogP contribution in [-0.2, 0) is 0 Å². The van der Waals surface area contributed by atoms with Crippen LogP contribution >= 0.6 is 0 Å². The Morgan fingerprint density at radius 1 is 1.00 bits per heavy atom. The number of hydrogen-bond donors (Lipinski definition) is 0. The fourth-order valence-electron chi connectivity index (χ4n) is 6.41. The second-order valence-electron chi connectivity index (χ2n) is 11.3. The molecule has 1 saturated carbocycles. The Morgan fingerprint density at radius 2 is 1.63 bits per heavy atom. The van der Waals surface area contributed by atoms with Crippen LogP contribution in [0.15, 0.2) is 53.6 Å². The third-order valence-corrected chi connectivity index (χ3v) is 9.08. The third-order valence-electron chi connectivity index (χ3n) is 9.08. The zero-order valence-electron chi connectivity index (χ0n) is 22.8. The standard InChI is InChI=1S/C33H42N2/c1-8-21(5)26-12-10-11-13-27(26)33-34-30-18-28-24-14-16-25(17-15-24)29(28)19-31(30)35(33)32(22(6)9-2)23(7)20(3)4/h9-13,18-21,24-25H,8,14-17H2,1-7H3/b22-9-,32-23+. The molecule has 0 radical (unpaired) electrons. The zero-order valence-corrected chi connectivity index (χ0v) is 22.8. The van der Waals surface area contributed by atoms with Crippen molar-refractivity contribution >= 4 is 16.7 Å². The van der Waals surface area contributed by atoms with Gasteiger partial charge in [-0.05, 0) is 117 Å². The topological polar surface area (TPSA) is 17.8 Å². The molecule has 1 atom stereocenters. The molecule has 3 aromatic rings. The molecule has 0 amide bonds. The lowest BCUT2D eigenvalue weighted by atomic mass is 9.67. The maximum atomic E-state index is 5.43. The molecule has 2 nitrogen and oxygen atoms in total. The predicted octanol–water partition coefficient (Wildman–Crippen LogP) is 9.82. The highest BCUT2D eigenvalue weighted by Gasteiger charge is 2.34. The first-order valence-electron chi connectivity index (χ1n) is 13.9. The molecule has 0 spiro atoms. The quantitative estimate of drug-likeness (QED) is 0.330. The van der Waals surface area contributed by atoms with E-state index in [1.807, 2.05) is 0 Å². The van der Waals surface area contributed by atoms with Crippen molar-refractivity contribution in [1.82, 2.24) is 9.55 Å². The number of nitrogens with zero attached hydrogens (tertiary/aromatic N) is 2. The number of allylic oxidation sites excluding steroid dienone is 4. The van der Waals surface area contributed by atoms with Crippen molar-refractivity contribution in [2.24, 2.45) is 5.92 Å². The molecule has 0 N–H and O–H groups in total. The van der Waals surface area contributed by atoms with E-state index in [1.54, 1.807) is 11.1 Å². The summed E-state index contributed by atoms with van der Waals surface area (Å²) in [5.74, 6) is 3.50. The Kier molecular flexibility index (Phi) is 6.51. The van der Waals surface area contributed by atoms with Gasteiger partial charge in [-0.2, -0.15) is 0 Å². The maximum Gasteiger partial charge on any atom is 0.146 e. The van der Waals surface area contributed by atoms with Crippen molar-refractivity contribution in [3.63, 3.8) is 0 Å². The van der Waals surface area contributed by atoms with Crippen LogP contribution < -0.4 is 0 Å². The average molecular weight is 467 g/mol. The van der Waals surface area contributed by atoms with Crippen molar-refractivity contribution in [3.05, 3.63) is 70.3 Å². The molecule has 2 aromatic carbocycles. The molecular weight excluding hydrogens is 424 g/mol. The molecule has 2 bridgehead atoms. The monoisotopic (exact) mass is 466 g/mol. The summed E-state index contributed by atoms with van der Waals surface area (Å²) >= 11 is 0. The van der Waals surface area contributed by atoms with Crippen LogP contribution in [0.5, 0.6) is 0 Å². The van der Waals surface area contributed by atoms with Gasteiger partial charge in [0.1, 0.15) is 5.82 Å². The fourth-order valence-corrected chi connectivity index (χ4v) is 6.41. The first-order valence-corrected chi connectivity index (χ1v) is 13.9. The van der Waals surface area contributed by atoms with Crippen molar-refractivity contribution in [2.75, 3.05) is 0 Å². The summed E-state index contributed by atoms with van der Waals surface area (Å²) < 4.78 is 2.52. The summed E-state index contributed by atoms with van der Waals surface area (Å²) in [4.78, 5) is 5.43. The fraction of sp³-hybridized carbons (Fsp3) is 0.485. The van der Waals surface area contributed by atoms with Crippen LogP contribution in [0.25, 0.3) is 28.1 Å². The number of imidazole rings is 1. The molecule has 184 valence electrons. The molecule has 0 aliphatic heterocycles. The van der Waals surface area contributed by atoms with Crippen LogP contribution in [0.2, 0.25) is 0 Å². The van der Waals surface area contributed by atoms with E-state index in [0.29, 0.717) is 11.8 Å². The molecule has 1 heterocycles. The largest absolute Gasteiger partial charge is 0.292 e. The van der Waals surface area contributed by atoms with E-state index >= 15 is 0 Å². The third kappa shape index (κ3) is 3.99. The van der Waals surface area contributed by atoms with Gasteiger partial charge in [0.2, 0.25) is 0 Å². The van der Waals surface area contributed by atoms with E-state index in [9.17, 15) is 0 Å². The van der Waals surface area contributed by atoms with Gasteiger partial charge in [-0.3, -0.25) is 4.57 Å². The molecule has 1 aromatic heterocycles. The summed E-state index contributed by atoms with van der Waals surface area (Å²) in [7, 11) is 0. The van der Waals surface area contributed by atoms with Gasteiger partial charge in [0.05, 0.1) is 11.0 Å². The summed E-state index contributed by atoms with van der Waals surface area (Å²) in [6.45, 7) is 16.0. The maximum absolute atomic E-state index is 5.43. The van der Waals surface area contributed by atoms with Crippen molar-refractivity contribution in [1.29, 1.82) is 0 Å². The highest BCUT2D eigenvalue weighted by Crippen LogP contribution is 2.51. The molecule has 3 aliphatic carbocycles. The van der Waals surface area contributed by atoms with E-state index in [0.717, 1.165) is 29.6 Å². The average Bonchev–Trinajstić information content (AvgIpc) is 3.25. The molecule has 1 unspecified atom stereocenters. The Morgan fingerprint density at radius 3 is 2.23 bits per heavy atom. The van der Waals surface area contributed by atoms with Gasteiger partial charge in [0, 0.05) is 11.3 Å². The molecule has 0 saturated heterocycles. The highest BCUT2D eigenvalue weighted by atomic mass is 15.1. The second-order valence-corrected chi connectivity index (χ2v) is 11.3. The number of rotatable bonds is 6. The number of hydrogen-bond acceptors (Lipinski definition) is 1. The highest BCUT2D eigenvalue weighted by molar-refractivity contribution is 5.90. The smallest absolute Gasteiger partial charge is 0.146 e. The van der Waals surface area contributed by atoms with Gasteiger partial charge in [0.15, 0.2) is 0 Å². The van der Waals surface area contributed by atoms with Crippen LogP contribution in [-0.4, -0.2) is 9.55 Å². The van der Waals surface area contributed by atoms with Gasteiger partial charge >= 0.3 is 0 Å². The number of aromatic nitrogens is 2. The van der Waals surface area contributed by atoms with Gasteiger partial charge < -0.3 is 0 Å². The van der Waals surface area contributed by atoms with Crippen LogP contribution in [0.1, 0.15) is 115 Å². The molecule has 3 aliphatic rings. The Hall–Kier alpha value is -2.61. The lowest BCUT2D eigenvalue weighted by Crippen LogP contribution is -2.21. The van der Waals surface area contributed by atoms with E-state index in [4.69, 9.17) is 4.98 Å². The first kappa shape index (κ1) is 24.1. The van der Waals surface area contributed by atoms with Gasteiger partial charge in [-0.1, -0.05) is 58.0 Å². The van der Waals surface area contributed by atoms with E-state index in [2.05, 4.69) is 95.5 Å². The molecule has 2 heteroatoms. The van der Waals surface area contributed by atoms with Crippen LogP contribution in [0, 0.1) is 5.92 Å². The van der Waals surface area contributed by atoms with E-state index in [1.165, 1.54) is 59.2 Å².